The molecule has 104 valence electrons. The van der Waals surface area contributed by atoms with Crippen molar-refractivity contribution in [1.29, 1.82) is 0 Å². The van der Waals surface area contributed by atoms with E-state index in [0.717, 1.165) is 35.6 Å². The van der Waals surface area contributed by atoms with E-state index in [1.165, 1.54) is 0 Å². The maximum atomic E-state index is 11.8. The zero-order chi connectivity index (χ0) is 14.1. The molecule has 1 aliphatic rings. The van der Waals surface area contributed by atoms with Crippen LogP contribution < -0.4 is 10.6 Å². The van der Waals surface area contributed by atoms with Crippen molar-refractivity contribution in [1.82, 2.24) is 14.9 Å². The number of nitrogens with zero attached hydrogens (tertiary/aromatic N) is 2. The number of anilines is 1. The average molecular weight is 270 g/mol. The van der Waals surface area contributed by atoms with Crippen molar-refractivity contribution in [3.63, 3.8) is 0 Å². The van der Waals surface area contributed by atoms with E-state index in [9.17, 15) is 4.79 Å². The van der Waals surface area contributed by atoms with E-state index in [-0.39, 0.29) is 11.9 Å². The molecule has 0 fully saturated rings. The van der Waals surface area contributed by atoms with Crippen LogP contribution in [0.4, 0.5) is 5.69 Å². The molecular formula is C15H18N4O. The summed E-state index contributed by atoms with van der Waals surface area (Å²) in [5.41, 5.74) is 2.91. The molecule has 0 saturated carbocycles. The number of benzene rings is 1. The summed E-state index contributed by atoms with van der Waals surface area (Å²) in [6.45, 7) is 2.14. The quantitative estimate of drug-likeness (QED) is 0.893. The highest BCUT2D eigenvalue weighted by molar-refractivity contribution is 6.02. The van der Waals surface area contributed by atoms with Gasteiger partial charge in [-0.2, -0.15) is 0 Å². The number of rotatable bonds is 4. The summed E-state index contributed by atoms with van der Waals surface area (Å²) in [7, 11) is 1.79. The number of aryl methyl sites for hydroxylation is 1. The second-order valence-electron chi connectivity index (χ2n) is 4.95. The Morgan fingerprint density at radius 1 is 1.45 bits per heavy atom. The Balaban J connectivity index is 2.00. The molecule has 2 N–H and O–H groups in total. The minimum absolute atomic E-state index is 0.000868. The minimum atomic E-state index is -0.253. The topological polar surface area (TPSA) is 59.0 Å². The summed E-state index contributed by atoms with van der Waals surface area (Å²) in [6, 6.07) is 5.78. The van der Waals surface area contributed by atoms with Gasteiger partial charge in [-0.15, -0.1) is 0 Å². The van der Waals surface area contributed by atoms with Crippen LogP contribution in [0.15, 0.2) is 30.6 Å². The van der Waals surface area contributed by atoms with Gasteiger partial charge in [0.1, 0.15) is 11.9 Å². The van der Waals surface area contributed by atoms with Crippen LogP contribution in [-0.2, 0) is 11.2 Å². The van der Waals surface area contributed by atoms with Gasteiger partial charge in [0, 0.05) is 35.8 Å². The molecule has 0 radical (unpaired) electrons. The molecule has 0 saturated heterocycles. The lowest BCUT2D eigenvalue weighted by Crippen LogP contribution is -2.23. The molecule has 1 aliphatic heterocycles. The Morgan fingerprint density at radius 2 is 2.30 bits per heavy atom. The van der Waals surface area contributed by atoms with E-state index in [4.69, 9.17) is 0 Å². The van der Waals surface area contributed by atoms with Crippen molar-refractivity contribution in [2.24, 2.45) is 0 Å². The smallest absolute Gasteiger partial charge is 0.246 e. The Morgan fingerprint density at radius 3 is 3.05 bits per heavy atom. The van der Waals surface area contributed by atoms with Crippen LogP contribution in [0.1, 0.15) is 30.8 Å². The van der Waals surface area contributed by atoms with Gasteiger partial charge in [-0.05, 0) is 25.6 Å². The number of hydrogen-bond acceptors (Lipinski definition) is 3. The van der Waals surface area contributed by atoms with Crippen LogP contribution in [-0.4, -0.2) is 22.5 Å². The third kappa shape index (κ3) is 2.00. The number of aromatic nitrogens is 2. The molecule has 1 aromatic carbocycles. The number of fused-ring (bicyclic) bond motifs is 1. The minimum Gasteiger partial charge on any atom is -0.324 e. The number of imidazole rings is 1. The normalized spacial score (nSPS) is 17.1. The fraction of sp³-hybridized carbons (Fsp3) is 0.333. The molecule has 0 spiro atoms. The van der Waals surface area contributed by atoms with Crippen molar-refractivity contribution in [2.45, 2.75) is 25.8 Å². The first-order chi connectivity index (χ1) is 9.74. The van der Waals surface area contributed by atoms with E-state index in [0.29, 0.717) is 0 Å². The maximum absolute atomic E-state index is 11.8. The van der Waals surface area contributed by atoms with Gasteiger partial charge in [-0.25, -0.2) is 4.98 Å². The summed E-state index contributed by atoms with van der Waals surface area (Å²) < 4.78 is 2.07. The van der Waals surface area contributed by atoms with Crippen LogP contribution in [0.2, 0.25) is 0 Å². The zero-order valence-corrected chi connectivity index (χ0v) is 11.7. The molecule has 0 aliphatic carbocycles. The van der Waals surface area contributed by atoms with Crippen molar-refractivity contribution >= 4 is 11.6 Å². The molecule has 1 aromatic heterocycles. The van der Waals surface area contributed by atoms with E-state index in [1.807, 2.05) is 30.6 Å². The van der Waals surface area contributed by atoms with Gasteiger partial charge in [0.2, 0.25) is 5.91 Å². The fourth-order valence-electron chi connectivity index (χ4n) is 2.66. The summed E-state index contributed by atoms with van der Waals surface area (Å²) in [5, 5.41) is 5.94. The molecule has 0 bridgehead atoms. The van der Waals surface area contributed by atoms with Gasteiger partial charge in [-0.3, -0.25) is 4.79 Å². The van der Waals surface area contributed by atoms with E-state index >= 15 is 0 Å². The van der Waals surface area contributed by atoms with Crippen molar-refractivity contribution in [3.05, 3.63) is 42.0 Å². The lowest BCUT2D eigenvalue weighted by molar-refractivity contribution is -0.117. The number of nitrogens with one attached hydrogen (secondary N) is 2. The molecule has 2 heterocycles. The predicted molar refractivity (Wildman–Crippen MR) is 78.0 cm³/mol. The summed E-state index contributed by atoms with van der Waals surface area (Å²) in [4.78, 5) is 16.2. The average Bonchev–Trinajstić information content (AvgIpc) is 3.01. The van der Waals surface area contributed by atoms with Crippen LogP contribution in [0, 0.1) is 0 Å². The molecular weight excluding hydrogens is 252 g/mol. The van der Waals surface area contributed by atoms with Gasteiger partial charge >= 0.3 is 0 Å². The van der Waals surface area contributed by atoms with E-state index in [2.05, 4.69) is 27.1 Å². The Labute approximate surface area is 118 Å². The molecule has 3 rings (SSSR count). The second kappa shape index (κ2) is 5.09. The SMILES string of the molecule is CCCc1nccn1-c1ccc2c(c1)NC(=O)C2NC. The maximum Gasteiger partial charge on any atom is 0.246 e. The Hall–Kier alpha value is -2.14. The number of hydrogen-bond donors (Lipinski definition) is 2. The Kier molecular flexibility index (Phi) is 3.28. The zero-order valence-electron chi connectivity index (χ0n) is 11.7. The summed E-state index contributed by atoms with van der Waals surface area (Å²) in [5.74, 6) is 1.04. The second-order valence-corrected chi connectivity index (χ2v) is 4.95. The third-order valence-corrected chi connectivity index (χ3v) is 3.63. The lowest BCUT2D eigenvalue weighted by Gasteiger charge is -2.10. The third-order valence-electron chi connectivity index (χ3n) is 3.63. The van der Waals surface area contributed by atoms with Crippen molar-refractivity contribution < 1.29 is 4.79 Å². The highest BCUT2D eigenvalue weighted by Crippen LogP contribution is 2.32. The molecule has 2 aromatic rings. The molecule has 1 unspecified atom stereocenters. The first-order valence-electron chi connectivity index (χ1n) is 6.89. The molecule has 5 nitrogen and oxygen atoms in total. The van der Waals surface area contributed by atoms with Gasteiger partial charge < -0.3 is 15.2 Å². The van der Waals surface area contributed by atoms with Gasteiger partial charge in [0.05, 0.1) is 0 Å². The molecule has 20 heavy (non-hydrogen) atoms. The van der Waals surface area contributed by atoms with Crippen LogP contribution >= 0.6 is 0 Å². The van der Waals surface area contributed by atoms with Gasteiger partial charge in [0.25, 0.3) is 0 Å². The number of likely N-dealkylation sites (N-methyl/N-ethyl adjacent to an activating group) is 1. The number of amides is 1. The highest BCUT2D eigenvalue weighted by Gasteiger charge is 2.29. The first-order valence-corrected chi connectivity index (χ1v) is 6.89. The monoisotopic (exact) mass is 270 g/mol. The number of carbonyl (C=O) groups excluding carboxylic acids is 1. The van der Waals surface area contributed by atoms with E-state index in [1.54, 1.807) is 7.05 Å². The van der Waals surface area contributed by atoms with Crippen molar-refractivity contribution in [2.75, 3.05) is 12.4 Å². The number of carbonyl (C=O) groups is 1. The molecule has 5 heteroatoms. The summed E-state index contributed by atoms with van der Waals surface area (Å²) >= 11 is 0. The van der Waals surface area contributed by atoms with Gasteiger partial charge in [0.15, 0.2) is 0 Å². The van der Waals surface area contributed by atoms with Gasteiger partial charge in [-0.1, -0.05) is 13.0 Å². The van der Waals surface area contributed by atoms with Crippen LogP contribution in [0.25, 0.3) is 5.69 Å². The highest BCUT2D eigenvalue weighted by atomic mass is 16.2. The lowest BCUT2D eigenvalue weighted by atomic mass is 10.1. The molecule has 1 atom stereocenters. The van der Waals surface area contributed by atoms with Crippen molar-refractivity contribution in [3.8, 4) is 5.69 Å². The Bertz CT molecular complexity index is 647. The molecule has 1 amide bonds. The van der Waals surface area contributed by atoms with E-state index < -0.39 is 0 Å². The van der Waals surface area contributed by atoms with Crippen LogP contribution in [0.3, 0.4) is 0 Å². The standard InChI is InChI=1S/C15H18N4O/c1-3-4-13-17-7-8-19(13)10-5-6-11-12(9-10)18-15(20)14(11)16-2/h5-9,14,16H,3-4H2,1-2H3,(H,18,20). The fourth-order valence-corrected chi connectivity index (χ4v) is 2.66. The first kappa shape index (κ1) is 12.9. The predicted octanol–water partition coefficient (Wildman–Crippen LogP) is 2.04. The van der Waals surface area contributed by atoms with Crippen LogP contribution in [0.5, 0.6) is 0 Å². The largest absolute Gasteiger partial charge is 0.324 e. The summed E-state index contributed by atoms with van der Waals surface area (Å²) in [6.07, 6.45) is 5.77.